The molecule has 0 radical (unpaired) electrons. The van der Waals surface area contributed by atoms with Crippen molar-refractivity contribution in [3.8, 4) is 0 Å². The molecule has 1 aromatic heterocycles. The summed E-state index contributed by atoms with van der Waals surface area (Å²) in [7, 11) is 3.83. The molecule has 0 aliphatic heterocycles. The van der Waals surface area contributed by atoms with Crippen LogP contribution in [0, 0.1) is 4.77 Å². The molecule has 1 aromatic rings. The van der Waals surface area contributed by atoms with Crippen molar-refractivity contribution in [2.24, 2.45) is 0 Å². The monoisotopic (exact) mass is 257 g/mol. The summed E-state index contributed by atoms with van der Waals surface area (Å²) in [4.78, 5) is 5.37. The van der Waals surface area contributed by atoms with Gasteiger partial charge in [0.2, 0.25) is 0 Å². The van der Waals surface area contributed by atoms with E-state index in [1.807, 2.05) is 6.20 Å². The van der Waals surface area contributed by atoms with Gasteiger partial charge in [-0.2, -0.15) is 0 Å². The van der Waals surface area contributed by atoms with Crippen molar-refractivity contribution >= 4 is 12.2 Å². The summed E-state index contributed by atoms with van der Waals surface area (Å²) in [5.74, 6) is 0.493. The maximum Gasteiger partial charge on any atom is 0.177 e. The third-order valence-corrected chi connectivity index (χ3v) is 3.21. The van der Waals surface area contributed by atoms with Crippen LogP contribution in [0.3, 0.4) is 0 Å². The molecule has 0 spiro atoms. The lowest BCUT2D eigenvalue weighted by molar-refractivity contribution is 0.159. The molecule has 0 atom stereocenters. The highest BCUT2D eigenvalue weighted by atomic mass is 32.1. The predicted molar refractivity (Wildman–Crippen MR) is 73.1 cm³/mol. The van der Waals surface area contributed by atoms with E-state index in [4.69, 9.17) is 17.0 Å². The molecular formula is C12H23N3OS. The number of nitrogens with one attached hydrogen (secondary N) is 1. The van der Waals surface area contributed by atoms with Crippen LogP contribution in [-0.2, 0) is 11.3 Å². The van der Waals surface area contributed by atoms with Crippen molar-refractivity contribution < 1.29 is 4.74 Å². The second-order valence-corrected chi connectivity index (χ2v) is 5.01. The third-order valence-electron chi connectivity index (χ3n) is 2.87. The van der Waals surface area contributed by atoms with Crippen LogP contribution in [0.1, 0.15) is 25.5 Å². The molecule has 0 saturated heterocycles. The summed E-state index contributed by atoms with van der Waals surface area (Å²) in [5.41, 5.74) is 1.27. The minimum atomic E-state index is 0.493. The number of rotatable bonds is 7. The first kappa shape index (κ1) is 14.4. The first-order chi connectivity index (χ1) is 8.06. The fourth-order valence-corrected chi connectivity index (χ4v) is 2.00. The Morgan fingerprint density at radius 2 is 2.18 bits per heavy atom. The minimum Gasteiger partial charge on any atom is -0.383 e. The maximum absolute atomic E-state index is 5.30. The van der Waals surface area contributed by atoms with Crippen LogP contribution in [0.15, 0.2) is 6.20 Å². The lowest BCUT2D eigenvalue weighted by Gasteiger charge is -2.18. The lowest BCUT2D eigenvalue weighted by atomic mass is 10.1. The Morgan fingerprint density at radius 1 is 1.47 bits per heavy atom. The van der Waals surface area contributed by atoms with Gasteiger partial charge in [0.05, 0.1) is 6.61 Å². The van der Waals surface area contributed by atoms with Crippen molar-refractivity contribution in [3.63, 3.8) is 0 Å². The second kappa shape index (κ2) is 6.93. The van der Waals surface area contributed by atoms with Gasteiger partial charge in [-0.15, -0.1) is 0 Å². The zero-order valence-electron chi connectivity index (χ0n) is 11.2. The van der Waals surface area contributed by atoms with Gasteiger partial charge in [0.1, 0.15) is 0 Å². The lowest BCUT2D eigenvalue weighted by Crippen LogP contribution is -2.27. The van der Waals surface area contributed by atoms with E-state index in [-0.39, 0.29) is 0 Å². The molecule has 0 aromatic carbocycles. The van der Waals surface area contributed by atoms with E-state index in [2.05, 4.69) is 35.3 Å². The zero-order valence-corrected chi connectivity index (χ0v) is 12.0. The van der Waals surface area contributed by atoms with E-state index in [1.165, 1.54) is 5.69 Å². The summed E-state index contributed by atoms with van der Waals surface area (Å²) < 4.78 is 8.06. The molecule has 0 saturated carbocycles. The van der Waals surface area contributed by atoms with Gasteiger partial charge in [0.15, 0.2) is 4.77 Å². The molecule has 0 amide bonds. The molecule has 1 N–H and O–H groups in total. The summed E-state index contributed by atoms with van der Waals surface area (Å²) in [6, 6.07) is 0. The molecule has 0 aliphatic carbocycles. The molecular weight excluding hydrogens is 234 g/mol. The molecule has 5 heteroatoms. The summed E-state index contributed by atoms with van der Waals surface area (Å²) >= 11 is 5.30. The molecule has 1 heterocycles. The van der Waals surface area contributed by atoms with Crippen LogP contribution in [-0.4, -0.2) is 48.3 Å². The topological polar surface area (TPSA) is 33.2 Å². The van der Waals surface area contributed by atoms with Crippen LogP contribution in [0.4, 0.5) is 0 Å². The largest absolute Gasteiger partial charge is 0.383 e. The molecule has 0 bridgehead atoms. The van der Waals surface area contributed by atoms with Gasteiger partial charge < -0.3 is 19.2 Å². The Balaban J connectivity index is 2.56. The molecule has 17 heavy (non-hydrogen) atoms. The Hall–Kier alpha value is -0.650. The molecule has 98 valence electrons. The number of likely N-dealkylation sites (N-methyl/N-ethyl adjacent to an activating group) is 1. The fraction of sp³-hybridized carbons (Fsp3) is 0.750. The number of aromatic nitrogens is 2. The van der Waals surface area contributed by atoms with Crippen LogP contribution in [0.2, 0.25) is 0 Å². The van der Waals surface area contributed by atoms with Crippen molar-refractivity contribution in [3.05, 3.63) is 16.7 Å². The third kappa shape index (κ3) is 4.26. The molecule has 0 unspecified atom stereocenters. The molecule has 4 nitrogen and oxygen atoms in total. The van der Waals surface area contributed by atoms with Crippen molar-refractivity contribution in [1.82, 2.24) is 14.5 Å². The number of methoxy groups -OCH3 is 1. The SMILES string of the molecule is COCCN(C)CCn1c(C(C)C)c[nH]c1=S. The Bertz CT molecular complexity index is 383. The highest BCUT2D eigenvalue weighted by Gasteiger charge is 2.08. The number of hydrogen-bond acceptors (Lipinski definition) is 3. The van der Waals surface area contributed by atoms with E-state index < -0.39 is 0 Å². The quantitative estimate of drug-likeness (QED) is 0.761. The van der Waals surface area contributed by atoms with Gasteiger partial charge >= 0.3 is 0 Å². The normalized spacial score (nSPS) is 11.6. The van der Waals surface area contributed by atoms with E-state index in [1.54, 1.807) is 7.11 Å². The Morgan fingerprint density at radius 3 is 2.76 bits per heavy atom. The van der Waals surface area contributed by atoms with Crippen LogP contribution < -0.4 is 0 Å². The molecule has 1 rings (SSSR count). The first-order valence-electron chi connectivity index (χ1n) is 6.01. The van der Waals surface area contributed by atoms with Gasteiger partial charge in [-0.3, -0.25) is 0 Å². The molecule has 0 fully saturated rings. The number of aromatic amines is 1. The highest BCUT2D eigenvalue weighted by molar-refractivity contribution is 7.71. The number of imidazole rings is 1. The standard InChI is InChI=1S/C12H23N3OS/c1-10(2)11-9-13-12(17)15(11)6-5-14(3)7-8-16-4/h9-10H,5-8H2,1-4H3,(H,13,17). The smallest absolute Gasteiger partial charge is 0.177 e. The van der Waals surface area contributed by atoms with Gasteiger partial charge in [-0.25, -0.2) is 0 Å². The van der Waals surface area contributed by atoms with Crippen LogP contribution >= 0.6 is 12.2 Å². The number of ether oxygens (including phenoxy) is 1. The first-order valence-corrected chi connectivity index (χ1v) is 6.42. The number of H-pyrrole nitrogens is 1. The highest BCUT2D eigenvalue weighted by Crippen LogP contribution is 2.14. The zero-order chi connectivity index (χ0) is 12.8. The van der Waals surface area contributed by atoms with Crippen molar-refractivity contribution in [1.29, 1.82) is 0 Å². The Labute approximate surface area is 109 Å². The maximum atomic E-state index is 5.30. The fourth-order valence-electron chi connectivity index (χ4n) is 1.75. The second-order valence-electron chi connectivity index (χ2n) is 4.62. The summed E-state index contributed by atoms with van der Waals surface area (Å²) in [5, 5.41) is 0. The van der Waals surface area contributed by atoms with Crippen molar-refractivity contribution in [2.45, 2.75) is 26.3 Å². The average Bonchev–Trinajstić information content (AvgIpc) is 2.65. The number of nitrogens with zero attached hydrogens (tertiary/aromatic N) is 2. The number of hydrogen-bond donors (Lipinski definition) is 1. The van der Waals surface area contributed by atoms with Gasteiger partial charge in [-0.1, -0.05) is 13.8 Å². The van der Waals surface area contributed by atoms with Crippen molar-refractivity contribution in [2.75, 3.05) is 33.9 Å². The van der Waals surface area contributed by atoms with E-state index in [0.717, 1.165) is 31.0 Å². The van der Waals surface area contributed by atoms with Gasteiger partial charge in [0.25, 0.3) is 0 Å². The van der Waals surface area contributed by atoms with E-state index >= 15 is 0 Å². The minimum absolute atomic E-state index is 0.493. The van der Waals surface area contributed by atoms with E-state index in [9.17, 15) is 0 Å². The van der Waals surface area contributed by atoms with Gasteiger partial charge in [-0.05, 0) is 25.2 Å². The van der Waals surface area contributed by atoms with Crippen LogP contribution in [0.25, 0.3) is 0 Å². The Kier molecular flexibility index (Phi) is 5.88. The molecule has 0 aliphatic rings. The van der Waals surface area contributed by atoms with E-state index in [0.29, 0.717) is 5.92 Å². The summed E-state index contributed by atoms with van der Waals surface area (Å²) in [6.07, 6.45) is 2.02. The summed E-state index contributed by atoms with van der Waals surface area (Å²) in [6.45, 7) is 7.99. The van der Waals surface area contributed by atoms with Crippen LogP contribution in [0.5, 0.6) is 0 Å². The average molecular weight is 257 g/mol. The van der Waals surface area contributed by atoms with Gasteiger partial charge in [0, 0.05) is 38.6 Å². The predicted octanol–water partition coefficient (Wildman–Crippen LogP) is 2.25.